The van der Waals surface area contributed by atoms with Gasteiger partial charge < -0.3 is 9.80 Å². The predicted octanol–water partition coefficient (Wildman–Crippen LogP) is 2.59. The first-order valence-electron chi connectivity index (χ1n) is 6.98. The molecule has 0 bridgehead atoms. The summed E-state index contributed by atoms with van der Waals surface area (Å²) in [6.45, 7) is 5.03. The molecule has 3 rings (SSSR count). The number of carbonyl (C=O) groups excluding carboxylic acids is 1. The van der Waals surface area contributed by atoms with E-state index in [2.05, 4.69) is 30.0 Å². The van der Waals surface area contributed by atoms with E-state index in [1.807, 2.05) is 4.90 Å². The summed E-state index contributed by atoms with van der Waals surface area (Å²) in [6.07, 6.45) is 3.96. The number of para-hydroxylation sites is 1. The summed E-state index contributed by atoms with van der Waals surface area (Å²) in [4.78, 5) is 16.6. The van der Waals surface area contributed by atoms with Crippen LogP contribution in [0.5, 0.6) is 0 Å². The van der Waals surface area contributed by atoms with Gasteiger partial charge in [-0.3, -0.25) is 4.79 Å². The number of rotatable bonds is 2. The van der Waals surface area contributed by atoms with Crippen LogP contribution in [0, 0.1) is 0 Å². The molecule has 1 amide bonds. The maximum atomic E-state index is 12.2. The van der Waals surface area contributed by atoms with E-state index < -0.39 is 0 Å². The number of nitrogens with zero attached hydrogens (tertiary/aromatic N) is 2. The zero-order valence-electron chi connectivity index (χ0n) is 11.0. The minimum atomic E-state index is 0.274. The molecule has 0 aliphatic carbocycles. The van der Waals surface area contributed by atoms with Gasteiger partial charge in [0, 0.05) is 26.1 Å². The summed E-state index contributed by atoms with van der Waals surface area (Å²) >= 11 is 0. The number of hydrogen-bond acceptors (Lipinski definition) is 2. The molecule has 96 valence electrons. The lowest BCUT2D eigenvalue weighted by molar-refractivity contribution is -0.118. The van der Waals surface area contributed by atoms with Gasteiger partial charge in [0.25, 0.3) is 0 Å². The zero-order valence-corrected chi connectivity index (χ0v) is 11.0. The van der Waals surface area contributed by atoms with Gasteiger partial charge >= 0.3 is 0 Å². The molecule has 2 aliphatic rings. The third-order valence-electron chi connectivity index (χ3n) is 3.94. The van der Waals surface area contributed by atoms with E-state index in [1.165, 1.54) is 17.7 Å². The van der Waals surface area contributed by atoms with Crippen molar-refractivity contribution in [2.75, 3.05) is 29.4 Å². The van der Waals surface area contributed by atoms with Crippen LogP contribution >= 0.6 is 0 Å². The molecule has 0 radical (unpaired) electrons. The molecule has 2 aliphatic heterocycles. The van der Waals surface area contributed by atoms with Crippen LogP contribution in [-0.2, 0) is 11.2 Å². The second kappa shape index (κ2) is 4.63. The standard InChI is InChI=1S/C15H20N2O/c1-2-5-14(18)17-11-10-16-9-4-7-12-6-3-8-13(17)15(12)16/h3,6,8H,2,4-5,7,9-11H2,1H3. The van der Waals surface area contributed by atoms with Gasteiger partial charge in [0.1, 0.15) is 0 Å². The molecule has 18 heavy (non-hydrogen) atoms. The van der Waals surface area contributed by atoms with Crippen molar-refractivity contribution in [3.63, 3.8) is 0 Å². The molecular weight excluding hydrogens is 224 g/mol. The molecule has 2 heterocycles. The summed E-state index contributed by atoms with van der Waals surface area (Å²) in [5, 5.41) is 0. The third-order valence-corrected chi connectivity index (χ3v) is 3.94. The van der Waals surface area contributed by atoms with Crippen LogP contribution in [0.4, 0.5) is 11.4 Å². The molecule has 1 aromatic rings. The molecule has 0 unspecified atom stereocenters. The van der Waals surface area contributed by atoms with Crippen LogP contribution in [0.1, 0.15) is 31.7 Å². The predicted molar refractivity (Wildman–Crippen MR) is 74.2 cm³/mol. The Morgan fingerprint density at radius 1 is 1.28 bits per heavy atom. The van der Waals surface area contributed by atoms with Gasteiger partial charge in [-0.25, -0.2) is 0 Å². The first kappa shape index (κ1) is 11.6. The zero-order chi connectivity index (χ0) is 12.5. The number of carbonyl (C=O) groups is 1. The SMILES string of the molecule is CCCC(=O)N1CCN2CCCc3cccc1c32. The van der Waals surface area contributed by atoms with Gasteiger partial charge in [0.2, 0.25) is 5.91 Å². The van der Waals surface area contributed by atoms with E-state index in [9.17, 15) is 4.79 Å². The second-order valence-corrected chi connectivity index (χ2v) is 5.17. The fraction of sp³-hybridized carbons (Fsp3) is 0.533. The average molecular weight is 244 g/mol. The Bertz CT molecular complexity index is 470. The average Bonchev–Trinajstić information content (AvgIpc) is 2.40. The van der Waals surface area contributed by atoms with Crippen molar-refractivity contribution in [3.05, 3.63) is 23.8 Å². The number of amides is 1. The van der Waals surface area contributed by atoms with Crippen LogP contribution in [0.2, 0.25) is 0 Å². The lowest BCUT2D eigenvalue weighted by atomic mass is 9.98. The number of anilines is 2. The molecule has 1 aromatic carbocycles. The smallest absolute Gasteiger partial charge is 0.227 e. The van der Waals surface area contributed by atoms with Crippen LogP contribution < -0.4 is 9.80 Å². The molecule has 0 atom stereocenters. The molecular formula is C15H20N2O. The Hall–Kier alpha value is -1.51. The minimum Gasteiger partial charge on any atom is -0.368 e. The Labute approximate surface area is 108 Å². The van der Waals surface area contributed by atoms with Crippen LogP contribution in [-0.4, -0.2) is 25.5 Å². The van der Waals surface area contributed by atoms with Crippen molar-refractivity contribution in [2.24, 2.45) is 0 Å². The Balaban J connectivity index is 2.01. The number of aryl methyl sites for hydroxylation is 1. The molecule has 0 saturated carbocycles. The van der Waals surface area contributed by atoms with Crippen LogP contribution in [0.25, 0.3) is 0 Å². The largest absolute Gasteiger partial charge is 0.368 e. The van der Waals surface area contributed by atoms with Crippen LogP contribution in [0.3, 0.4) is 0 Å². The number of benzene rings is 1. The van der Waals surface area contributed by atoms with Crippen molar-refractivity contribution in [1.29, 1.82) is 0 Å². The first-order chi connectivity index (χ1) is 8.81. The Kier molecular flexibility index (Phi) is 2.98. The maximum absolute atomic E-state index is 12.2. The quantitative estimate of drug-likeness (QED) is 0.798. The van der Waals surface area contributed by atoms with Crippen molar-refractivity contribution in [1.82, 2.24) is 0 Å². The fourth-order valence-electron chi connectivity index (χ4n) is 3.11. The summed E-state index contributed by atoms with van der Waals surface area (Å²) < 4.78 is 0. The highest BCUT2D eigenvalue weighted by Crippen LogP contribution is 2.39. The van der Waals surface area contributed by atoms with Crippen molar-refractivity contribution in [3.8, 4) is 0 Å². The van der Waals surface area contributed by atoms with Gasteiger partial charge in [-0.05, 0) is 30.9 Å². The van der Waals surface area contributed by atoms with Crippen molar-refractivity contribution < 1.29 is 4.79 Å². The Morgan fingerprint density at radius 3 is 3.00 bits per heavy atom. The highest BCUT2D eigenvalue weighted by Gasteiger charge is 2.29. The minimum absolute atomic E-state index is 0.274. The highest BCUT2D eigenvalue weighted by molar-refractivity contribution is 5.98. The van der Waals surface area contributed by atoms with E-state index in [1.54, 1.807) is 0 Å². The van der Waals surface area contributed by atoms with Gasteiger partial charge in [-0.2, -0.15) is 0 Å². The van der Waals surface area contributed by atoms with Crippen molar-refractivity contribution >= 4 is 17.3 Å². The molecule has 0 fully saturated rings. The highest BCUT2D eigenvalue weighted by atomic mass is 16.2. The molecule has 3 heteroatoms. The Morgan fingerprint density at radius 2 is 2.17 bits per heavy atom. The molecule has 0 spiro atoms. The van der Waals surface area contributed by atoms with E-state index in [0.29, 0.717) is 6.42 Å². The van der Waals surface area contributed by atoms with E-state index in [-0.39, 0.29) is 5.91 Å². The third kappa shape index (κ3) is 1.78. The van der Waals surface area contributed by atoms with Gasteiger partial charge in [0.15, 0.2) is 0 Å². The summed E-state index contributed by atoms with van der Waals surface area (Å²) in [5.41, 5.74) is 3.86. The molecule has 0 saturated heterocycles. The summed E-state index contributed by atoms with van der Waals surface area (Å²) in [6, 6.07) is 6.40. The topological polar surface area (TPSA) is 23.6 Å². The molecule has 0 aromatic heterocycles. The van der Waals surface area contributed by atoms with Crippen LogP contribution in [0.15, 0.2) is 18.2 Å². The molecule has 0 N–H and O–H groups in total. The van der Waals surface area contributed by atoms with Gasteiger partial charge in [-0.15, -0.1) is 0 Å². The normalized spacial score (nSPS) is 17.6. The fourth-order valence-corrected chi connectivity index (χ4v) is 3.11. The summed E-state index contributed by atoms with van der Waals surface area (Å²) in [5.74, 6) is 0.274. The first-order valence-corrected chi connectivity index (χ1v) is 6.98. The van der Waals surface area contributed by atoms with Crippen molar-refractivity contribution in [2.45, 2.75) is 32.6 Å². The van der Waals surface area contributed by atoms with E-state index in [0.717, 1.165) is 38.2 Å². The van der Waals surface area contributed by atoms with E-state index >= 15 is 0 Å². The summed E-state index contributed by atoms with van der Waals surface area (Å²) in [7, 11) is 0. The second-order valence-electron chi connectivity index (χ2n) is 5.17. The number of hydrogen-bond donors (Lipinski definition) is 0. The van der Waals surface area contributed by atoms with E-state index in [4.69, 9.17) is 0 Å². The maximum Gasteiger partial charge on any atom is 0.227 e. The lowest BCUT2D eigenvalue weighted by Gasteiger charge is -2.41. The van der Waals surface area contributed by atoms with Gasteiger partial charge in [0.05, 0.1) is 11.4 Å². The lowest BCUT2D eigenvalue weighted by Crippen LogP contribution is -2.46. The van der Waals surface area contributed by atoms with Gasteiger partial charge in [-0.1, -0.05) is 19.1 Å². The molecule has 3 nitrogen and oxygen atoms in total. The monoisotopic (exact) mass is 244 g/mol.